The van der Waals surface area contributed by atoms with E-state index in [0.717, 1.165) is 28.4 Å². The van der Waals surface area contributed by atoms with E-state index in [1.54, 1.807) is 41.3 Å². The fraction of sp³-hybridized carbons (Fsp3) is 0.118. The summed E-state index contributed by atoms with van der Waals surface area (Å²) in [4.78, 5) is 13.2. The van der Waals surface area contributed by atoms with Gasteiger partial charge < -0.3 is 4.74 Å². The number of aromatic nitrogens is 7. The maximum absolute atomic E-state index is 6.01. The third-order valence-electron chi connectivity index (χ3n) is 4.17. The summed E-state index contributed by atoms with van der Waals surface area (Å²) in [7, 11) is 0. The maximum atomic E-state index is 6.01. The van der Waals surface area contributed by atoms with Crippen LogP contribution < -0.4 is 4.74 Å². The van der Waals surface area contributed by atoms with Crippen molar-refractivity contribution in [1.29, 1.82) is 0 Å². The third-order valence-corrected chi connectivity index (χ3v) is 4.42. The second-order valence-corrected chi connectivity index (χ2v) is 6.15. The molecule has 8 nitrogen and oxygen atoms in total. The lowest BCUT2D eigenvalue weighted by molar-refractivity contribution is 0.469. The van der Waals surface area contributed by atoms with Crippen LogP contribution in [0.1, 0.15) is 12.6 Å². The Kier molecular flexibility index (Phi) is 3.26. The fourth-order valence-corrected chi connectivity index (χ4v) is 3.10. The van der Waals surface area contributed by atoms with Crippen molar-refractivity contribution >= 4 is 39.3 Å². The normalized spacial score (nSPS) is 11.6. The van der Waals surface area contributed by atoms with Crippen LogP contribution >= 0.6 is 11.6 Å². The first-order chi connectivity index (χ1) is 12.7. The van der Waals surface area contributed by atoms with Gasteiger partial charge in [0, 0.05) is 11.2 Å². The van der Waals surface area contributed by atoms with Crippen LogP contribution in [0.25, 0.3) is 27.7 Å². The molecule has 0 saturated carbocycles. The first-order valence-corrected chi connectivity index (χ1v) is 8.41. The lowest BCUT2D eigenvalue weighted by atomic mass is 10.1. The zero-order chi connectivity index (χ0) is 17.7. The number of hydrogen-bond acceptors (Lipinski definition) is 6. The number of nitrogens with zero attached hydrogens (tertiary/aromatic N) is 6. The van der Waals surface area contributed by atoms with E-state index in [2.05, 4.69) is 30.2 Å². The molecule has 0 unspecified atom stereocenters. The highest BCUT2D eigenvalue weighted by Crippen LogP contribution is 2.33. The first kappa shape index (κ1) is 15.0. The Hall–Kier alpha value is -3.26. The van der Waals surface area contributed by atoms with E-state index in [-0.39, 0.29) is 0 Å². The minimum Gasteiger partial charge on any atom is -0.438 e. The number of benzene rings is 1. The standard InChI is InChI=1S/C17H12ClN7O/c1-2-12-13-14-11(7-19-15(13)24-23-12)16(22-17-20-8-21-25(14)17)26-10-5-3-9(18)4-6-10/h3-8H,2H2,1H3,(H,20,21,22). The molecular formula is C17H12ClN7O. The molecule has 1 aromatic carbocycles. The van der Waals surface area contributed by atoms with E-state index in [1.165, 1.54) is 0 Å². The van der Waals surface area contributed by atoms with Gasteiger partial charge in [0.25, 0.3) is 5.78 Å². The Morgan fingerprint density at radius 2 is 2.00 bits per heavy atom. The molecule has 0 atom stereocenters. The number of H-pyrrole nitrogens is 1. The minimum absolute atomic E-state index is 0.409. The Balaban J connectivity index is 1.84. The second kappa shape index (κ2) is 5.63. The fourth-order valence-electron chi connectivity index (χ4n) is 2.97. The van der Waals surface area contributed by atoms with Gasteiger partial charge >= 0.3 is 0 Å². The molecule has 0 bridgehead atoms. The van der Waals surface area contributed by atoms with E-state index in [0.29, 0.717) is 28.1 Å². The molecule has 0 fully saturated rings. The summed E-state index contributed by atoms with van der Waals surface area (Å²) < 4.78 is 7.79. The predicted molar refractivity (Wildman–Crippen MR) is 96.6 cm³/mol. The van der Waals surface area contributed by atoms with Crippen molar-refractivity contribution in [2.75, 3.05) is 0 Å². The van der Waals surface area contributed by atoms with E-state index >= 15 is 0 Å². The maximum Gasteiger partial charge on any atom is 0.254 e. The summed E-state index contributed by atoms with van der Waals surface area (Å²) in [6, 6.07) is 7.09. The van der Waals surface area contributed by atoms with E-state index < -0.39 is 0 Å². The molecule has 4 aromatic heterocycles. The smallest absolute Gasteiger partial charge is 0.254 e. The lowest BCUT2D eigenvalue weighted by Gasteiger charge is -2.10. The van der Waals surface area contributed by atoms with Crippen LogP contribution in [0.4, 0.5) is 0 Å². The SMILES string of the molecule is CCc1nnc2ncc3c(Oc4ccc(Cl)cc4)nc4nc[nH]n4c3c12. The molecule has 0 saturated heterocycles. The average Bonchev–Trinajstić information content (AvgIpc) is 3.29. The summed E-state index contributed by atoms with van der Waals surface area (Å²) in [5.41, 5.74) is 2.29. The van der Waals surface area contributed by atoms with Gasteiger partial charge in [0.2, 0.25) is 5.88 Å². The summed E-state index contributed by atoms with van der Waals surface area (Å²) in [6.07, 6.45) is 4.01. The van der Waals surface area contributed by atoms with Crippen LogP contribution in [0, 0.1) is 0 Å². The largest absolute Gasteiger partial charge is 0.438 e. The molecule has 0 spiro atoms. The van der Waals surface area contributed by atoms with Gasteiger partial charge in [-0.25, -0.2) is 14.5 Å². The van der Waals surface area contributed by atoms with Gasteiger partial charge in [-0.15, -0.1) is 5.10 Å². The molecule has 26 heavy (non-hydrogen) atoms. The van der Waals surface area contributed by atoms with Crippen molar-refractivity contribution < 1.29 is 4.74 Å². The van der Waals surface area contributed by atoms with Crippen molar-refractivity contribution in [2.24, 2.45) is 0 Å². The molecule has 0 aliphatic heterocycles. The molecule has 5 aromatic rings. The summed E-state index contributed by atoms with van der Waals surface area (Å²) in [5, 5.41) is 13.7. The predicted octanol–water partition coefficient (Wildman–Crippen LogP) is 3.56. The number of nitrogens with one attached hydrogen (secondary N) is 1. The van der Waals surface area contributed by atoms with Crippen molar-refractivity contribution in [3.8, 4) is 11.6 Å². The highest BCUT2D eigenvalue weighted by atomic mass is 35.5. The van der Waals surface area contributed by atoms with Crippen molar-refractivity contribution in [1.82, 2.24) is 34.8 Å². The molecule has 0 aliphatic rings. The zero-order valence-electron chi connectivity index (χ0n) is 13.6. The summed E-state index contributed by atoms with van der Waals surface area (Å²) >= 11 is 5.95. The second-order valence-electron chi connectivity index (χ2n) is 5.71. The van der Waals surface area contributed by atoms with Gasteiger partial charge in [0.1, 0.15) is 12.1 Å². The molecule has 9 heteroatoms. The number of aromatic amines is 1. The number of ether oxygens (including phenoxy) is 1. The summed E-state index contributed by atoms with van der Waals surface area (Å²) in [6.45, 7) is 2.03. The topological polar surface area (TPSA) is 93.9 Å². The number of aryl methyl sites for hydroxylation is 1. The van der Waals surface area contributed by atoms with Crippen LogP contribution in [0.2, 0.25) is 5.02 Å². The number of fused-ring (bicyclic) bond motifs is 5. The Morgan fingerprint density at radius 1 is 1.15 bits per heavy atom. The quantitative estimate of drug-likeness (QED) is 0.525. The van der Waals surface area contributed by atoms with Crippen LogP contribution in [0.3, 0.4) is 0 Å². The van der Waals surface area contributed by atoms with E-state index in [9.17, 15) is 0 Å². The summed E-state index contributed by atoms with van der Waals surface area (Å²) in [5.74, 6) is 1.52. The molecular weight excluding hydrogens is 354 g/mol. The van der Waals surface area contributed by atoms with Gasteiger partial charge in [-0.2, -0.15) is 10.1 Å². The molecule has 128 valence electrons. The molecule has 0 amide bonds. The first-order valence-electron chi connectivity index (χ1n) is 8.04. The Morgan fingerprint density at radius 3 is 2.81 bits per heavy atom. The Labute approximate surface area is 151 Å². The number of pyridine rings is 1. The van der Waals surface area contributed by atoms with Gasteiger partial charge in [0.05, 0.1) is 22.0 Å². The van der Waals surface area contributed by atoms with Crippen molar-refractivity contribution in [3.63, 3.8) is 0 Å². The van der Waals surface area contributed by atoms with E-state index in [4.69, 9.17) is 16.3 Å². The molecule has 0 radical (unpaired) electrons. The number of hydrogen-bond donors (Lipinski definition) is 1. The van der Waals surface area contributed by atoms with Crippen molar-refractivity contribution in [2.45, 2.75) is 13.3 Å². The Bertz CT molecular complexity index is 1260. The average molecular weight is 366 g/mol. The van der Waals surface area contributed by atoms with Gasteiger partial charge in [-0.05, 0) is 30.7 Å². The van der Waals surface area contributed by atoms with E-state index in [1.807, 2.05) is 6.92 Å². The van der Waals surface area contributed by atoms with Crippen LogP contribution in [0.15, 0.2) is 36.8 Å². The molecule has 5 rings (SSSR count). The van der Waals surface area contributed by atoms with Crippen LogP contribution in [-0.2, 0) is 6.42 Å². The van der Waals surface area contributed by atoms with Gasteiger partial charge in [0.15, 0.2) is 5.65 Å². The van der Waals surface area contributed by atoms with Gasteiger partial charge in [-0.1, -0.05) is 18.5 Å². The molecule has 0 aliphatic carbocycles. The highest BCUT2D eigenvalue weighted by molar-refractivity contribution is 6.30. The zero-order valence-corrected chi connectivity index (χ0v) is 14.4. The molecule has 1 N–H and O–H groups in total. The highest BCUT2D eigenvalue weighted by Gasteiger charge is 2.19. The minimum atomic E-state index is 0.409. The monoisotopic (exact) mass is 365 g/mol. The van der Waals surface area contributed by atoms with Crippen LogP contribution in [0.5, 0.6) is 11.6 Å². The van der Waals surface area contributed by atoms with Crippen LogP contribution in [-0.4, -0.2) is 34.8 Å². The van der Waals surface area contributed by atoms with Gasteiger partial charge in [-0.3, -0.25) is 5.10 Å². The molecule has 4 heterocycles. The number of rotatable bonds is 3. The number of halogens is 1. The van der Waals surface area contributed by atoms with Crippen molar-refractivity contribution in [3.05, 3.63) is 47.5 Å². The third kappa shape index (κ3) is 2.19. The lowest BCUT2D eigenvalue weighted by Crippen LogP contribution is -2.00.